The molecule has 1 amide bonds. The zero-order valence-corrected chi connectivity index (χ0v) is 17.1. The molecule has 1 aliphatic carbocycles. The maximum absolute atomic E-state index is 12.3. The summed E-state index contributed by atoms with van der Waals surface area (Å²) in [4.78, 5) is 16.8. The van der Waals surface area contributed by atoms with E-state index >= 15 is 0 Å². The number of hydrogen-bond donors (Lipinski definition) is 1. The molecule has 3 rings (SSSR count). The largest absolute Gasteiger partial charge is 0.353 e. The standard InChI is InChI=1S/C22H30ClN3O/c1-3-17(2)25-21(27)15-20-24-13-14-26(20)16-22(11-5-4-6-12-22)18-7-9-19(23)10-8-18/h7-10,13-14,17H,3-6,11-12,15-16H2,1-2H3,(H,25,27). The fourth-order valence-corrected chi connectivity index (χ4v) is 4.24. The fraction of sp³-hybridized carbons (Fsp3) is 0.545. The number of aromatic nitrogens is 2. The highest BCUT2D eigenvalue weighted by Crippen LogP contribution is 2.41. The van der Waals surface area contributed by atoms with Gasteiger partial charge in [0.15, 0.2) is 0 Å². The molecule has 0 spiro atoms. The molecule has 1 aromatic heterocycles. The Morgan fingerprint density at radius 2 is 1.96 bits per heavy atom. The first kappa shape index (κ1) is 19.9. The first-order chi connectivity index (χ1) is 13.0. The Morgan fingerprint density at radius 1 is 1.26 bits per heavy atom. The van der Waals surface area contributed by atoms with E-state index in [-0.39, 0.29) is 17.4 Å². The topological polar surface area (TPSA) is 46.9 Å². The third kappa shape index (κ3) is 4.92. The van der Waals surface area contributed by atoms with E-state index in [1.807, 2.05) is 31.5 Å². The number of imidazole rings is 1. The lowest BCUT2D eigenvalue weighted by Gasteiger charge is -2.38. The second-order valence-corrected chi connectivity index (χ2v) is 8.31. The second-order valence-electron chi connectivity index (χ2n) is 7.87. The second kappa shape index (κ2) is 8.92. The van der Waals surface area contributed by atoms with Crippen molar-refractivity contribution in [1.82, 2.24) is 14.9 Å². The van der Waals surface area contributed by atoms with Gasteiger partial charge in [-0.05, 0) is 43.9 Å². The molecule has 0 bridgehead atoms. The summed E-state index contributed by atoms with van der Waals surface area (Å²) < 4.78 is 2.18. The van der Waals surface area contributed by atoms with E-state index in [0.717, 1.165) is 36.7 Å². The fourth-order valence-electron chi connectivity index (χ4n) is 4.12. The summed E-state index contributed by atoms with van der Waals surface area (Å²) in [6.45, 7) is 4.97. The number of amides is 1. The van der Waals surface area contributed by atoms with Crippen molar-refractivity contribution in [3.05, 3.63) is 53.1 Å². The predicted octanol–water partition coefficient (Wildman–Crippen LogP) is 4.90. The van der Waals surface area contributed by atoms with Crippen LogP contribution in [0.5, 0.6) is 0 Å². The Kier molecular flexibility index (Phi) is 6.59. The van der Waals surface area contributed by atoms with E-state index in [2.05, 4.69) is 33.9 Å². The lowest BCUT2D eigenvalue weighted by molar-refractivity contribution is -0.121. The van der Waals surface area contributed by atoms with E-state index in [9.17, 15) is 4.79 Å². The van der Waals surface area contributed by atoms with Gasteiger partial charge in [0, 0.05) is 35.4 Å². The summed E-state index contributed by atoms with van der Waals surface area (Å²) >= 11 is 6.11. The zero-order chi connectivity index (χ0) is 19.3. The number of nitrogens with one attached hydrogen (secondary N) is 1. The molecule has 1 fully saturated rings. The number of carbonyl (C=O) groups excluding carboxylic acids is 1. The third-order valence-electron chi connectivity index (χ3n) is 5.88. The van der Waals surface area contributed by atoms with Crippen LogP contribution in [0.4, 0.5) is 0 Å². The molecule has 5 heteroatoms. The molecular weight excluding hydrogens is 358 g/mol. The molecule has 1 atom stereocenters. The van der Waals surface area contributed by atoms with Crippen LogP contribution in [0.2, 0.25) is 5.02 Å². The van der Waals surface area contributed by atoms with Gasteiger partial charge in [0.1, 0.15) is 5.82 Å². The van der Waals surface area contributed by atoms with Crippen molar-refractivity contribution < 1.29 is 4.79 Å². The van der Waals surface area contributed by atoms with Crippen LogP contribution in [0.1, 0.15) is 63.8 Å². The summed E-state index contributed by atoms with van der Waals surface area (Å²) in [5.41, 5.74) is 1.43. The highest BCUT2D eigenvalue weighted by atomic mass is 35.5. The van der Waals surface area contributed by atoms with E-state index in [4.69, 9.17) is 11.6 Å². The number of hydrogen-bond acceptors (Lipinski definition) is 2. The maximum atomic E-state index is 12.3. The molecule has 1 aliphatic rings. The summed E-state index contributed by atoms with van der Waals surface area (Å²) in [6.07, 6.45) is 11.2. The number of halogens is 1. The van der Waals surface area contributed by atoms with Crippen LogP contribution in [-0.2, 0) is 23.2 Å². The molecule has 1 N–H and O–H groups in total. The predicted molar refractivity (Wildman–Crippen MR) is 110 cm³/mol. The molecule has 0 aliphatic heterocycles. The van der Waals surface area contributed by atoms with Crippen LogP contribution in [0.25, 0.3) is 0 Å². The van der Waals surface area contributed by atoms with Crippen LogP contribution in [0.15, 0.2) is 36.7 Å². The SMILES string of the molecule is CCC(C)NC(=O)Cc1nccn1CC1(c2ccc(Cl)cc2)CCCCC1. The molecule has 1 aromatic carbocycles. The zero-order valence-electron chi connectivity index (χ0n) is 16.4. The van der Waals surface area contributed by atoms with Gasteiger partial charge in [0.2, 0.25) is 5.91 Å². The molecule has 0 radical (unpaired) electrons. The number of carbonyl (C=O) groups is 1. The number of benzene rings is 1. The van der Waals surface area contributed by atoms with Gasteiger partial charge in [-0.25, -0.2) is 4.98 Å². The van der Waals surface area contributed by atoms with Gasteiger partial charge >= 0.3 is 0 Å². The van der Waals surface area contributed by atoms with Crippen molar-refractivity contribution in [2.45, 2.75) is 76.8 Å². The van der Waals surface area contributed by atoms with Crippen LogP contribution < -0.4 is 5.32 Å². The average Bonchev–Trinajstić information content (AvgIpc) is 3.09. The van der Waals surface area contributed by atoms with Crippen molar-refractivity contribution in [2.75, 3.05) is 0 Å². The number of nitrogens with zero attached hydrogens (tertiary/aromatic N) is 2. The molecule has 0 saturated heterocycles. The smallest absolute Gasteiger partial charge is 0.227 e. The Labute approximate surface area is 167 Å². The summed E-state index contributed by atoms with van der Waals surface area (Å²) in [6, 6.07) is 8.50. The van der Waals surface area contributed by atoms with Crippen molar-refractivity contribution in [3.8, 4) is 0 Å². The van der Waals surface area contributed by atoms with Gasteiger partial charge < -0.3 is 9.88 Å². The van der Waals surface area contributed by atoms with Gasteiger partial charge in [0.25, 0.3) is 0 Å². The summed E-state index contributed by atoms with van der Waals surface area (Å²) in [7, 11) is 0. The Hall–Kier alpha value is -1.81. The average molecular weight is 388 g/mol. The first-order valence-electron chi connectivity index (χ1n) is 10.1. The van der Waals surface area contributed by atoms with Crippen LogP contribution >= 0.6 is 11.6 Å². The van der Waals surface area contributed by atoms with Gasteiger partial charge in [-0.15, -0.1) is 0 Å². The van der Waals surface area contributed by atoms with Crippen LogP contribution in [-0.4, -0.2) is 21.5 Å². The highest BCUT2D eigenvalue weighted by molar-refractivity contribution is 6.30. The van der Waals surface area contributed by atoms with Crippen LogP contribution in [0, 0.1) is 0 Å². The molecule has 4 nitrogen and oxygen atoms in total. The van der Waals surface area contributed by atoms with Crippen molar-refractivity contribution >= 4 is 17.5 Å². The third-order valence-corrected chi connectivity index (χ3v) is 6.13. The molecule has 2 aromatic rings. The van der Waals surface area contributed by atoms with E-state index in [1.54, 1.807) is 0 Å². The Balaban J connectivity index is 1.80. The van der Waals surface area contributed by atoms with Crippen LogP contribution in [0.3, 0.4) is 0 Å². The molecule has 146 valence electrons. The maximum Gasteiger partial charge on any atom is 0.227 e. The molecule has 1 heterocycles. The lowest BCUT2D eigenvalue weighted by Crippen LogP contribution is -2.36. The molecule has 1 unspecified atom stereocenters. The highest BCUT2D eigenvalue weighted by Gasteiger charge is 2.34. The minimum Gasteiger partial charge on any atom is -0.353 e. The van der Waals surface area contributed by atoms with E-state index in [1.165, 1.54) is 24.8 Å². The van der Waals surface area contributed by atoms with Crippen molar-refractivity contribution in [1.29, 1.82) is 0 Å². The van der Waals surface area contributed by atoms with Gasteiger partial charge in [-0.3, -0.25) is 4.79 Å². The number of rotatable bonds is 7. The van der Waals surface area contributed by atoms with E-state index in [0.29, 0.717) is 6.42 Å². The minimum atomic E-state index is 0.0426. The quantitative estimate of drug-likeness (QED) is 0.734. The van der Waals surface area contributed by atoms with Crippen molar-refractivity contribution in [3.63, 3.8) is 0 Å². The lowest BCUT2D eigenvalue weighted by atomic mass is 9.69. The Morgan fingerprint density at radius 3 is 2.63 bits per heavy atom. The molecular formula is C22H30ClN3O. The monoisotopic (exact) mass is 387 g/mol. The van der Waals surface area contributed by atoms with E-state index < -0.39 is 0 Å². The van der Waals surface area contributed by atoms with Crippen molar-refractivity contribution in [2.24, 2.45) is 0 Å². The van der Waals surface area contributed by atoms with Gasteiger partial charge in [-0.1, -0.05) is 49.9 Å². The molecule has 27 heavy (non-hydrogen) atoms. The Bertz CT molecular complexity index is 747. The first-order valence-corrected chi connectivity index (χ1v) is 10.5. The molecule has 1 saturated carbocycles. The van der Waals surface area contributed by atoms with Gasteiger partial charge in [0.05, 0.1) is 6.42 Å². The van der Waals surface area contributed by atoms with Gasteiger partial charge in [-0.2, -0.15) is 0 Å². The normalized spacial score (nSPS) is 17.4. The minimum absolute atomic E-state index is 0.0426. The summed E-state index contributed by atoms with van der Waals surface area (Å²) in [5.74, 6) is 0.885. The summed E-state index contributed by atoms with van der Waals surface area (Å²) in [5, 5.41) is 3.81.